The van der Waals surface area contributed by atoms with Crippen LogP contribution in [0.2, 0.25) is 0 Å². The third-order valence-corrected chi connectivity index (χ3v) is 27.6. The molecule has 15 aliphatic rings. The summed E-state index contributed by atoms with van der Waals surface area (Å²) in [5.74, 6) is 76.3. The van der Waals surface area contributed by atoms with Gasteiger partial charge in [0.05, 0.1) is 62.9 Å². The van der Waals surface area contributed by atoms with Crippen LogP contribution in [0, 0.1) is 237 Å². The standard InChI is InChI=1S/4C13H21N.2C13H23N.C12H19N.3C12H21N/c3*1-10(5-6-13(2,3)4)14-8-11-7-12(11)9-14;1-12(2,3)5-4-9-14-10-8-13(11-14)6-7-13;2*1-12(8-9-13(2,3)4)14-10-6-5-7-11-14;1-12(2,3)5-4-6-13-8-10-7-11(10)9-13;2*1-11-6-9-13(10-11)8-5-7-12(2,3)4;1-12(2,3)8-7-11-13-9-5-4-6-10-13/h3*10-12H,7-9H2,1-4H3;6-11H2,1-3H3;2*12H,5-7,10-11H2,1-4H3;10-11H,6-9H2,1-3H3;2*11H,6,8-10H2,1-4H3;4-6,9-11H2,1-3H3/t2*10-,11?,12?;;;12-;;;2*11-;/m10..0..10./s1. The quantitative estimate of drug-likeness (QED) is 0.197. The first-order chi connectivity index (χ1) is 62.9. The first kappa shape index (κ1) is 120. The smallest absolute Gasteiger partial charge is 0.0686 e. The lowest BCUT2D eigenvalue weighted by Gasteiger charge is -2.29. The predicted octanol–water partition coefficient (Wildman–Crippen LogP) is 24.7. The molecule has 10 unspecified atom stereocenters. The summed E-state index contributed by atoms with van der Waals surface area (Å²) in [7, 11) is 0. The van der Waals surface area contributed by atoms with Crippen molar-refractivity contribution in [2.45, 2.75) is 402 Å². The van der Waals surface area contributed by atoms with E-state index < -0.39 is 0 Å². The van der Waals surface area contributed by atoms with E-state index in [-0.39, 0.29) is 54.1 Å². The lowest BCUT2D eigenvalue weighted by Crippen LogP contribution is -2.36. The van der Waals surface area contributed by atoms with Gasteiger partial charge in [-0.25, -0.2) is 0 Å². The van der Waals surface area contributed by atoms with Gasteiger partial charge in [0, 0.05) is 126 Å². The van der Waals surface area contributed by atoms with Crippen LogP contribution in [0.4, 0.5) is 0 Å². The normalized spacial score (nSPS) is 26.7. The second kappa shape index (κ2) is 54.8. The van der Waals surface area contributed by atoms with Gasteiger partial charge in [-0.05, 0) is 462 Å². The molecule has 10 saturated heterocycles. The molecule has 0 aromatic heterocycles. The molecule has 10 heterocycles. The van der Waals surface area contributed by atoms with Gasteiger partial charge in [0.2, 0.25) is 0 Å². The Morgan fingerprint density at radius 2 is 0.441 bits per heavy atom. The topological polar surface area (TPSA) is 32.4 Å². The predicted molar refractivity (Wildman–Crippen MR) is 591 cm³/mol. The van der Waals surface area contributed by atoms with Crippen molar-refractivity contribution in [1.29, 1.82) is 0 Å². The highest BCUT2D eigenvalue weighted by molar-refractivity contribution is 5.20. The molecule has 0 aromatic carbocycles. The van der Waals surface area contributed by atoms with Gasteiger partial charge in [-0.2, -0.15) is 0 Å². The summed E-state index contributed by atoms with van der Waals surface area (Å²) < 4.78 is 0. The molecule has 136 heavy (non-hydrogen) atoms. The Bertz CT molecular complexity index is 3750. The second-order valence-electron chi connectivity index (χ2n) is 55.1. The summed E-state index contributed by atoms with van der Waals surface area (Å²) in [6.07, 6.45) is 25.3. The minimum absolute atomic E-state index is 0.143. The van der Waals surface area contributed by atoms with Crippen molar-refractivity contribution in [1.82, 2.24) is 49.0 Å². The van der Waals surface area contributed by atoms with E-state index in [0.29, 0.717) is 30.2 Å². The highest BCUT2D eigenvalue weighted by Gasteiger charge is 2.50. The number of hydrogen-bond donors (Lipinski definition) is 0. The van der Waals surface area contributed by atoms with Crippen LogP contribution >= 0.6 is 0 Å². The van der Waals surface area contributed by atoms with Gasteiger partial charge >= 0.3 is 0 Å². The highest BCUT2D eigenvalue weighted by atomic mass is 15.2. The van der Waals surface area contributed by atoms with Crippen molar-refractivity contribution in [3.63, 3.8) is 0 Å². The molecule has 15 fully saturated rings. The fourth-order valence-electron chi connectivity index (χ4n) is 18.8. The van der Waals surface area contributed by atoms with Crippen LogP contribution in [0.3, 0.4) is 0 Å². The summed E-state index contributed by atoms with van der Waals surface area (Å²) >= 11 is 0. The van der Waals surface area contributed by atoms with Gasteiger partial charge in [0.1, 0.15) is 0 Å². The van der Waals surface area contributed by atoms with Crippen molar-refractivity contribution in [2.24, 2.45) is 119 Å². The zero-order valence-corrected chi connectivity index (χ0v) is 96.0. The first-order valence-corrected chi connectivity index (χ1v) is 55.4. The number of hydrogen-bond acceptors (Lipinski definition) is 10. The van der Waals surface area contributed by atoms with E-state index in [1.165, 1.54) is 246 Å². The summed E-state index contributed by atoms with van der Waals surface area (Å²) in [4.78, 5) is 25.0. The van der Waals surface area contributed by atoms with Crippen molar-refractivity contribution in [2.75, 3.05) is 164 Å². The molecule has 15 atom stereocenters. The van der Waals surface area contributed by atoms with E-state index in [1.54, 1.807) is 0 Å². The number of piperidine rings is 7. The maximum absolute atomic E-state index is 3.38. The SMILES string of the molecule is CC(C#CC(C)(C)C)N1CC2CC2C1.CC(C#CC(C)(C)C)N1CCCCC1.CC(C)(C)C#CCN1CC2CC2C1.CC(C)(C)C#CCN1CCC2(CC2)C1.CC(C)(C)C#CCN1CCCCC1.C[C@@H](C#CC(C)(C)C)N1CC2CC2C1.C[C@@H](C#CC(C)(C)C)N1CCCCC1.C[C@@H]1CCN(CC#CC(C)(C)C)C1.C[C@H](C#CC(C)(C)C)N1CC2CC2C1.C[C@H]1CCN(CC#CC(C)(C)C)C1. The highest BCUT2D eigenvalue weighted by Crippen LogP contribution is 2.53. The monoisotopic (exact) mass is 1870 g/mol. The Hall–Kier alpha value is -4.80. The van der Waals surface area contributed by atoms with Crippen molar-refractivity contribution in [3.8, 4) is 118 Å². The molecule has 10 heteroatoms. The molecule has 5 aliphatic carbocycles. The van der Waals surface area contributed by atoms with Gasteiger partial charge < -0.3 is 0 Å². The van der Waals surface area contributed by atoms with Crippen LogP contribution in [0.25, 0.3) is 0 Å². The van der Waals surface area contributed by atoms with E-state index in [0.717, 1.165) is 97.3 Å². The van der Waals surface area contributed by atoms with Crippen LogP contribution < -0.4 is 0 Å². The maximum atomic E-state index is 3.38. The van der Waals surface area contributed by atoms with E-state index >= 15 is 0 Å². The van der Waals surface area contributed by atoms with Gasteiger partial charge in [-0.1, -0.05) is 152 Å². The van der Waals surface area contributed by atoms with Gasteiger partial charge in [-0.3, -0.25) is 49.0 Å². The number of nitrogens with zero attached hydrogens (tertiary/aromatic N) is 10. The van der Waals surface area contributed by atoms with Crippen LogP contribution in [-0.2, 0) is 0 Å². The van der Waals surface area contributed by atoms with Gasteiger partial charge in [-0.15, -0.1) is 0 Å². The maximum Gasteiger partial charge on any atom is 0.0686 e. The van der Waals surface area contributed by atoms with Crippen molar-refractivity contribution in [3.05, 3.63) is 0 Å². The number of fused-ring (bicyclic) bond motifs is 4. The third kappa shape index (κ3) is 56.3. The molecule has 0 N–H and O–H groups in total. The molecular formula is C126H212N10. The summed E-state index contributed by atoms with van der Waals surface area (Å²) in [6, 6.07) is 2.26. The van der Waals surface area contributed by atoms with Gasteiger partial charge in [0.25, 0.3) is 0 Å². The summed E-state index contributed by atoms with van der Waals surface area (Å²) in [5.41, 5.74) is 2.30. The van der Waals surface area contributed by atoms with E-state index in [4.69, 9.17) is 0 Å². The number of rotatable bonds is 10. The Labute approximate surface area is 846 Å². The Balaban J connectivity index is 0.000000232. The second-order valence-corrected chi connectivity index (χ2v) is 55.1. The fourth-order valence-corrected chi connectivity index (χ4v) is 18.8. The Morgan fingerprint density at radius 3 is 0.669 bits per heavy atom. The van der Waals surface area contributed by atoms with Gasteiger partial charge in [0.15, 0.2) is 0 Å². The Kier molecular flexibility index (Phi) is 48.3. The molecule has 0 radical (unpaired) electrons. The largest absolute Gasteiger partial charge is 0.292 e. The molecular weight excluding hydrogens is 1650 g/mol. The van der Waals surface area contributed by atoms with Crippen LogP contribution in [-0.4, -0.2) is 243 Å². The summed E-state index contributed by atoms with van der Waals surface area (Å²) in [5, 5.41) is 0. The number of likely N-dealkylation sites (tertiary alicyclic amines) is 10. The minimum atomic E-state index is 0.143. The molecule has 10 nitrogen and oxygen atoms in total. The van der Waals surface area contributed by atoms with E-state index in [2.05, 4.69) is 424 Å². The molecule has 5 saturated carbocycles. The molecule has 766 valence electrons. The minimum Gasteiger partial charge on any atom is -0.292 e. The lowest BCUT2D eigenvalue weighted by molar-refractivity contribution is 0.206. The van der Waals surface area contributed by atoms with E-state index in [9.17, 15) is 0 Å². The summed E-state index contributed by atoms with van der Waals surface area (Å²) in [6.45, 7) is 111. The first-order valence-electron chi connectivity index (χ1n) is 55.4. The molecule has 0 amide bonds. The van der Waals surface area contributed by atoms with Crippen LogP contribution in [0.1, 0.15) is 372 Å². The molecule has 15 rings (SSSR count). The van der Waals surface area contributed by atoms with Crippen LogP contribution in [0.5, 0.6) is 0 Å². The molecule has 0 bridgehead atoms. The van der Waals surface area contributed by atoms with Crippen molar-refractivity contribution < 1.29 is 0 Å². The molecule has 0 aromatic rings. The zero-order valence-electron chi connectivity index (χ0n) is 96.0. The average Bonchev–Trinajstić information content (AvgIpc) is 1.64. The third-order valence-electron chi connectivity index (χ3n) is 27.6. The van der Waals surface area contributed by atoms with Crippen LogP contribution in [0.15, 0.2) is 0 Å². The lowest BCUT2D eigenvalue weighted by atomic mass is 9.97. The Morgan fingerprint density at radius 1 is 0.221 bits per heavy atom. The molecule has 1 spiro atoms. The zero-order chi connectivity index (χ0) is 101. The van der Waals surface area contributed by atoms with Crippen molar-refractivity contribution >= 4 is 0 Å². The molecule has 10 aliphatic heterocycles. The average molecular weight is 1870 g/mol. The van der Waals surface area contributed by atoms with E-state index in [1.807, 2.05) is 0 Å². The fraction of sp³-hybridized carbons (Fsp3) is 0.841.